The van der Waals surface area contributed by atoms with Crippen LogP contribution in [0.15, 0.2) is 42.5 Å². The molecule has 0 aliphatic heterocycles. The maximum Gasteiger partial charge on any atom is 0.259 e. The number of hydrogen-bond donors (Lipinski definition) is 3. The highest BCUT2D eigenvalue weighted by Gasteiger charge is 2.60. The molecule has 0 aromatic heterocycles. The van der Waals surface area contributed by atoms with Gasteiger partial charge in [0.15, 0.2) is 12.7 Å². The number of aliphatic hydroxyl groups is 1. The lowest BCUT2D eigenvalue weighted by molar-refractivity contribution is -0.164. The summed E-state index contributed by atoms with van der Waals surface area (Å²) in [6.07, 6.45) is -0.0290. The van der Waals surface area contributed by atoms with Crippen molar-refractivity contribution in [2.75, 3.05) is 6.61 Å². The minimum absolute atomic E-state index is 0.0722. The van der Waals surface area contributed by atoms with E-state index in [0.29, 0.717) is 36.5 Å². The van der Waals surface area contributed by atoms with E-state index >= 15 is 0 Å². The van der Waals surface area contributed by atoms with Crippen molar-refractivity contribution >= 4 is 35.0 Å². The zero-order chi connectivity index (χ0) is 24.5. The SMILES string of the molecule is NC(=O)C(Oc1ccc(Cl)c(F)c1)C12CCC(NC(=O)COc3ccc(Cl)cc3)(CC1)C[C@@H]2O. The number of halogens is 3. The normalized spacial score (nSPS) is 26.5. The van der Waals surface area contributed by atoms with Crippen molar-refractivity contribution < 1.29 is 28.6 Å². The molecule has 1 unspecified atom stereocenters. The van der Waals surface area contributed by atoms with E-state index in [1.54, 1.807) is 24.3 Å². The van der Waals surface area contributed by atoms with Gasteiger partial charge in [-0.3, -0.25) is 9.59 Å². The first-order valence-electron chi connectivity index (χ1n) is 10.9. The van der Waals surface area contributed by atoms with Gasteiger partial charge in [0.05, 0.1) is 11.1 Å². The van der Waals surface area contributed by atoms with E-state index in [1.165, 1.54) is 12.1 Å². The number of aliphatic hydroxyl groups excluding tert-OH is 1. The first-order valence-corrected chi connectivity index (χ1v) is 11.7. The highest BCUT2D eigenvalue weighted by atomic mass is 35.5. The molecule has 0 spiro atoms. The second-order valence-electron chi connectivity index (χ2n) is 9.00. The Morgan fingerprint density at radius 2 is 1.76 bits per heavy atom. The summed E-state index contributed by atoms with van der Waals surface area (Å²) >= 11 is 11.6. The van der Waals surface area contributed by atoms with E-state index in [0.717, 1.165) is 6.07 Å². The molecular formula is C24H25Cl2FN2O5. The Kier molecular flexibility index (Phi) is 6.94. The summed E-state index contributed by atoms with van der Waals surface area (Å²) < 4.78 is 25.2. The molecule has 2 aromatic rings. The van der Waals surface area contributed by atoms with Crippen LogP contribution >= 0.6 is 23.2 Å². The Labute approximate surface area is 206 Å². The number of benzene rings is 2. The minimum Gasteiger partial charge on any atom is -0.484 e. The maximum absolute atomic E-state index is 13.9. The van der Waals surface area contributed by atoms with Crippen molar-refractivity contribution in [3.63, 3.8) is 0 Å². The number of nitrogens with one attached hydrogen (secondary N) is 1. The molecule has 34 heavy (non-hydrogen) atoms. The van der Waals surface area contributed by atoms with E-state index in [9.17, 15) is 19.1 Å². The Bertz CT molecular complexity index is 1070. The molecule has 0 radical (unpaired) electrons. The molecule has 2 amide bonds. The van der Waals surface area contributed by atoms with Crippen LogP contribution in [0.5, 0.6) is 11.5 Å². The topological polar surface area (TPSA) is 111 Å². The number of primary amides is 1. The van der Waals surface area contributed by atoms with Gasteiger partial charge in [0.1, 0.15) is 17.3 Å². The smallest absolute Gasteiger partial charge is 0.259 e. The van der Waals surface area contributed by atoms with E-state index in [-0.39, 0.29) is 29.7 Å². The Morgan fingerprint density at radius 1 is 1.12 bits per heavy atom. The summed E-state index contributed by atoms with van der Waals surface area (Å²) in [6.45, 7) is -0.181. The van der Waals surface area contributed by atoms with Crippen molar-refractivity contribution in [3.05, 3.63) is 58.3 Å². The Balaban J connectivity index is 1.42. The van der Waals surface area contributed by atoms with Gasteiger partial charge in [0.25, 0.3) is 11.8 Å². The number of ether oxygens (including phenoxy) is 2. The van der Waals surface area contributed by atoms with Crippen molar-refractivity contribution in [2.24, 2.45) is 11.1 Å². The largest absolute Gasteiger partial charge is 0.484 e. The van der Waals surface area contributed by atoms with E-state index in [4.69, 9.17) is 38.4 Å². The lowest BCUT2D eigenvalue weighted by Gasteiger charge is -2.57. The predicted molar refractivity (Wildman–Crippen MR) is 124 cm³/mol. The number of carbonyl (C=O) groups is 2. The molecule has 0 heterocycles. The third kappa shape index (κ3) is 4.94. The van der Waals surface area contributed by atoms with Gasteiger partial charge < -0.3 is 25.6 Å². The van der Waals surface area contributed by atoms with Crippen LogP contribution in [0, 0.1) is 11.2 Å². The van der Waals surface area contributed by atoms with Gasteiger partial charge in [-0.05, 0) is 68.5 Å². The van der Waals surface area contributed by atoms with Crippen LogP contribution < -0.4 is 20.5 Å². The van der Waals surface area contributed by atoms with Crippen LogP contribution in [0.1, 0.15) is 32.1 Å². The molecule has 2 bridgehead atoms. The van der Waals surface area contributed by atoms with Crippen molar-refractivity contribution in [2.45, 2.75) is 49.9 Å². The van der Waals surface area contributed by atoms with Crippen molar-refractivity contribution in [3.8, 4) is 11.5 Å². The summed E-state index contributed by atoms with van der Waals surface area (Å²) in [6, 6.07) is 10.5. The van der Waals surface area contributed by atoms with Crippen LogP contribution in [0.2, 0.25) is 10.0 Å². The van der Waals surface area contributed by atoms with Gasteiger partial charge in [0.2, 0.25) is 0 Å². The zero-order valence-electron chi connectivity index (χ0n) is 18.2. The van der Waals surface area contributed by atoms with Gasteiger partial charge in [-0.25, -0.2) is 4.39 Å². The molecule has 0 saturated heterocycles. The second-order valence-corrected chi connectivity index (χ2v) is 9.84. The molecule has 3 aliphatic rings. The fourth-order valence-corrected chi connectivity index (χ4v) is 5.32. The fraction of sp³-hybridized carbons (Fsp3) is 0.417. The van der Waals surface area contributed by atoms with Gasteiger partial charge in [-0.1, -0.05) is 23.2 Å². The number of amides is 2. The standard InChI is InChI=1S/C24H25Cl2FN2O5/c25-14-1-3-15(4-2-14)33-13-20(31)29-23-7-9-24(10-8-23,19(30)12-23)21(22(28)32)34-16-5-6-17(26)18(27)11-16/h1-6,11,19,21,30H,7-10,12-13H2,(H2,28,32)(H,29,31)/t19-,21?,23?,24?/m0/s1. The van der Waals surface area contributed by atoms with Crippen LogP contribution in [0.3, 0.4) is 0 Å². The quantitative estimate of drug-likeness (QED) is 0.502. The van der Waals surface area contributed by atoms with E-state index in [2.05, 4.69) is 5.32 Å². The molecule has 2 aromatic carbocycles. The van der Waals surface area contributed by atoms with Gasteiger partial charge in [-0.2, -0.15) is 0 Å². The van der Waals surface area contributed by atoms with Gasteiger partial charge in [-0.15, -0.1) is 0 Å². The molecule has 182 valence electrons. The third-order valence-electron chi connectivity index (χ3n) is 6.90. The molecule has 10 heteroatoms. The number of carbonyl (C=O) groups excluding carboxylic acids is 2. The van der Waals surface area contributed by atoms with Crippen LogP contribution in [0.25, 0.3) is 0 Å². The second kappa shape index (κ2) is 9.60. The molecule has 2 atom stereocenters. The number of nitrogens with two attached hydrogens (primary N) is 1. The Hall–Kier alpha value is -2.55. The number of rotatable bonds is 8. The molecule has 7 nitrogen and oxygen atoms in total. The van der Waals surface area contributed by atoms with Gasteiger partial charge >= 0.3 is 0 Å². The highest BCUT2D eigenvalue weighted by Crippen LogP contribution is 2.55. The first-order chi connectivity index (χ1) is 16.1. The summed E-state index contributed by atoms with van der Waals surface area (Å²) in [4.78, 5) is 24.9. The molecule has 5 rings (SSSR count). The zero-order valence-corrected chi connectivity index (χ0v) is 19.7. The monoisotopic (exact) mass is 510 g/mol. The van der Waals surface area contributed by atoms with Crippen LogP contribution in [-0.2, 0) is 9.59 Å². The fourth-order valence-electron chi connectivity index (χ4n) is 5.07. The average molecular weight is 511 g/mol. The van der Waals surface area contributed by atoms with Crippen LogP contribution in [0.4, 0.5) is 4.39 Å². The lowest BCUT2D eigenvalue weighted by atomic mass is 9.53. The number of hydrogen-bond acceptors (Lipinski definition) is 5. The maximum atomic E-state index is 13.9. The summed E-state index contributed by atoms with van der Waals surface area (Å²) in [5.41, 5.74) is 4.10. The highest BCUT2D eigenvalue weighted by molar-refractivity contribution is 6.31. The molecule has 4 N–H and O–H groups in total. The van der Waals surface area contributed by atoms with Gasteiger partial charge in [0, 0.05) is 22.0 Å². The molecule has 3 saturated carbocycles. The number of fused-ring (bicyclic) bond motifs is 3. The average Bonchev–Trinajstić information content (AvgIpc) is 2.80. The molecular weight excluding hydrogens is 486 g/mol. The molecule has 3 fully saturated rings. The molecule has 3 aliphatic carbocycles. The van der Waals surface area contributed by atoms with E-state index < -0.39 is 34.9 Å². The lowest BCUT2D eigenvalue weighted by Crippen LogP contribution is -2.67. The van der Waals surface area contributed by atoms with Crippen LogP contribution in [-0.4, -0.2) is 41.3 Å². The van der Waals surface area contributed by atoms with Crippen molar-refractivity contribution in [1.82, 2.24) is 5.32 Å². The van der Waals surface area contributed by atoms with E-state index in [1.807, 2.05) is 0 Å². The minimum atomic E-state index is -1.16. The third-order valence-corrected chi connectivity index (χ3v) is 7.46. The van der Waals surface area contributed by atoms with Crippen molar-refractivity contribution in [1.29, 1.82) is 0 Å². The predicted octanol–water partition coefficient (Wildman–Crippen LogP) is 3.62. The summed E-state index contributed by atoms with van der Waals surface area (Å²) in [7, 11) is 0. The Morgan fingerprint density at radius 3 is 2.35 bits per heavy atom. The summed E-state index contributed by atoms with van der Waals surface area (Å²) in [5.74, 6) is -1.12. The summed E-state index contributed by atoms with van der Waals surface area (Å²) in [5, 5.41) is 14.6. The first kappa shape index (κ1) is 24.6.